The van der Waals surface area contributed by atoms with Crippen LogP contribution in [0.15, 0.2) is 5.38 Å². The molecule has 0 unspecified atom stereocenters. The van der Waals surface area contributed by atoms with Crippen LogP contribution in [0.2, 0.25) is 0 Å². The van der Waals surface area contributed by atoms with Crippen LogP contribution in [0.5, 0.6) is 0 Å². The van der Waals surface area contributed by atoms with Gasteiger partial charge in [-0.3, -0.25) is 9.69 Å². The summed E-state index contributed by atoms with van der Waals surface area (Å²) in [7, 11) is 0. The zero-order valence-corrected chi connectivity index (χ0v) is 10.7. The standard InChI is InChI=1S/C11H17N3O2S/c1-2-9-8-17-11(12-9)14-5-3-13(4-6-14)7-10(15)16/h8H,2-7H2,1H3,(H,15,16). The van der Waals surface area contributed by atoms with Gasteiger partial charge in [0.15, 0.2) is 5.13 Å². The van der Waals surface area contributed by atoms with E-state index in [1.165, 1.54) is 0 Å². The number of aryl methyl sites for hydroxylation is 1. The molecule has 0 radical (unpaired) electrons. The highest BCUT2D eigenvalue weighted by Gasteiger charge is 2.20. The van der Waals surface area contributed by atoms with Crippen LogP contribution in [0.1, 0.15) is 12.6 Å². The van der Waals surface area contributed by atoms with Gasteiger partial charge in [0.05, 0.1) is 12.2 Å². The fraction of sp³-hybridized carbons (Fsp3) is 0.636. The topological polar surface area (TPSA) is 56.7 Å². The number of hydrogen-bond acceptors (Lipinski definition) is 5. The van der Waals surface area contributed by atoms with Crippen molar-refractivity contribution in [3.05, 3.63) is 11.1 Å². The largest absolute Gasteiger partial charge is 0.480 e. The minimum atomic E-state index is -0.749. The minimum absolute atomic E-state index is 0.145. The van der Waals surface area contributed by atoms with Crippen LogP contribution in [0.4, 0.5) is 5.13 Å². The Morgan fingerprint density at radius 1 is 1.47 bits per heavy atom. The molecule has 1 fully saturated rings. The second kappa shape index (κ2) is 5.46. The molecule has 0 atom stereocenters. The third kappa shape index (κ3) is 3.17. The zero-order valence-electron chi connectivity index (χ0n) is 9.93. The van der Waals surface area contributed by atoms with Gasteiger partial charge in [-0.25, -0.2) is 4.98 Å². The van der Waals surface area contributed by atoms with E-state index in [1.807, 2.05) is 4.90 Å². The van der Waals surface area contributed by atoms with Crippen molar-refractivity contribution in [1.82, 2.24) is 9.88 Å². The number of rotatable bonds is 4. The van der Waals surface area contributed by atoms with E-state index in [0.717, 1.165) is 43.4 Å². The molecule has 17 heavy (non-hydrogen) atoms. The number of carboxylic acids is 1. The third-order valence-electron chi connectivity index (χ3n) is 2.90. The van der Waals surface area contributed by atoms with E-state index < -0.39 is 5.97 Å². The van der Waals surface area contributed by atoms with Crippen molar-refractivity contribution in [3.63, 3.8) is 0 Å². The lowest BCUT2D eigenvalue weighted by Crippen LogP contribution is -2.47. The van der Waals surface area contributed by atoms with Crippen molar-refractivity contribution in [3.8, 4) is 0 Å². The molecule has 1 aliphatic heterocycles. The molecule has 0 aliphatic carbocycles. The van der Waals surface area contributed by atoms with Gasteiger partial charge >= 0.3 is 5.97 Å². The van der Waals surface area contributed by atoms with Crippen LogP contribution in [-0.4, -0.2) is 53.7 Å². The smallest absolute Gasteiger partial charge is 0.317 e. The molecular weight excluding hydrogens is 238 g/mol. The second-order valence-electron chi connectivity index (χ2n) is 4.13. The highest BCUT2D eigenvalue weighted by Crippen LogP contribution is 2.21. The van der Waals surface area contributed by atoms with Gasteiger partial charge in [-0.05, 0) is 6.42 Å². The molecule has 1 N–H and O–H groups in total. The number of aliphatic carboxylic acids is 1. The molecule has 1 aromatic rings. The lowest BCUT2D eigenvalue weighted by Gasteiger charge is -2.33. The van der Waals surface area contributed by atoms with Crippen molar-refractivity contribution < 1.29 is 9.90 Å². The average molecular weight is 255 g/mol. The Morgan fingerprint density at radius 2 is 2.18 bits per heavy atom. The van der Waals surface area contributed by atoms with Crippen LogP contribution in [0.25, 0.3) is 0 Å². The summed E-state index contributed by atoms with van der Waals surface area (Å²) in [6, 6.07) is 0. The Morgan fingerprint density at radius 3 is 2.71 bits per heavy atom. The van der Waals surface area contributed by atoms with Crippen molar-refractivity contribution >= 4 is 22.4 Å². The van der Waals surface area contributed by atoms with Gasteiger partial charge in [0.25, 0.3) is 0 Å². The summed E-state index contributed by atoms with van der Waals surface area (Å²) in [5.74, 6) is -0.749. The average Bonchev–Trinajstić information content (AvgIpc) is 2.78. The first-order valence-corrected chi connectivity index (χ1v) is 6.70. The van der Waals surface area contributed by atoms with E-state index in [4.69, 9.17) is 5.11 Å². The number of carbonyl (C=O) groups is 1. The van der Waals surface area contributed by atoms with E-state index in [0.29, 0.717) is 0 Å². The molecule has 0 bridgehead atoms. The molecule has 0 aromatic carbocycles. The Bertz CT molecular complexity index is 386. The monoisotopic (exact) mass is 255 g/mol. The fourth-order valence-corrected chi connectivity index (χ4v) is 2.85. The molecular formula is C11H17N3O2S. The molecule has 1 aromatic heterocycles. The Balaban J connectivity index is 1.88. The van der Waals surface area contributed by atoms with E-state index in [2.05, 4.69) is 22.2 Å². The number of hydrogen-bond donors (Lipinski definition) is 1. The van der Waals surface area contributed by atoms with Gasteiger partial charge in [0.2, 0.25) is 0 Å². The first-order valence-electron chi connectivity index (χ1n) is 5.82. The molecule has 2 heterocycles. The molecule has 94 valence electrons. The number of nitrogens with zero attached hydrogens (tertiary/aromatic N) is 3. The van der Waals surface area contributed by atoms with E-state index in [-0.39, 0.29) is 6.54 Å². The van der Waals surface area contributed by atoms with Crippen LogP contribution in [0, 0.1) is 0 Å². The van der Waals surface area contributed by atoms with E-state index in [1.54, 1.807) is 11.3 Å². The maximum atomic E-state index is 10.6. The predicted molar refractivity (Wildman–Crippen MR) is 67.8 cm³/mol. The fourth-order valence-electron chi connectivity index (χ4n) is 1.89. The quantitative estimate of drug-likeness (QED) is 0.866. The lowest BCUT2D eigenvalue weighted by molar-refractivity contribution is -0.138. The number of carboxylic acid groups (broad SMARTS) is 1. The highest BCUT2D eigenvalue weighted by molar-refractivity contribution is 7.13. The van der Waals surface area contributed by atoms with Crippen LogP contribution in [-0.2, 0) is 11.2 Å². The van der Waals surface area contributed by atoms with Gasteiger partial charge in [-0.15, -0.1) is 11.3 Å². The molecule has 0 saturated carbocycles. The molecule has 5 nitrogen and oxygen atoms in total. The summed E-state index contributed by atoms with van der Waals surface area (Å²) in [6.07, 6.45) is 0.968. The predicted octanol–water partition coefficient (Wildman–Crippen LogP) is 0.912. The number of anilines is 1. The number of aromatic nitrogens is 1. The Kier molecular flexibility index (Phi) is 3.96. The number of thiazole rings is 1. The second-order valence-corrected chi connectivity index (χ2v) is 4.97. The van der Waals surface area contributed by atoms with Crippen LogP contribution < -0.4 is 4.90 Å². The maximum absolute atomic E-state index is 10.6. The summed E-state index contributed by atoms with van der Waals surface area (Å²) < 4.78 is 0. The lowest BCUT2D eigenvalue weighted by atomic mass is 10.3. The normalized spacial score (nSPS) is 17.4. The summed E-state index contributed by atoms with van der Waals surface area (Å²) in [5.41, 5.74) is 1.14. The van der Waals surface area contributed by atoms with Crippen molar-refractivity contribution in [1.29, 1.82) is 0 Å². The van der Waals surface area contributed by atoms with E-state index >= 15 is 0 Å². The summed E-state index contributed by atoms with van der Waals surface area (Å²) in [6.45, 7) is 5.57. The molecule has 2 rings (SSSR count). The van der Waals surface area contributed by atoms with Gasteiger partial charge in [0, 0.05) is 31.6 Å². The summed E-state index contributed by atoms with van der Waals surface area (Å²) >= 11 is 1.68. The Labute approximate surface area is 105 Å². The van der Waals surface area contributed by atoms with Crippen molar-refractivity contribution in [2.75, 3.05) is 37.6 Å². The maximum Gasteiger partial charge on any atom is 0.317 e. The Hall–Kier alpha value is -1.14. The third-order valence-corrected chi connectivity index (χ3v) is 3.85. The number of piperazine rings is 1. The van der Waals surface area contributed by atoms with Gasteiger partial charge in [-0.1, -0.05) is 6.92 Å². The SMILES string of the molecule is CCc1csc(N2CCN(CC(=O)O)CC2)n1. The first-order chi connectivity index (χ1) is 8.19. The zero-order chi connectivity index (χ0) is 12.3. The van der Waals surface area contributed by atoms with Crippen LogP contribution in [0.3, 0.4) is 0 Å². The molecule has 1 aliphatic rings. The molecule has 1 saturated heterocycles. The first kappa shape index (κ1) is 12.3. The van der Waals surface area contributed by atoms with Gasteiger partial charge in [-0.2, -0.15) is 0 Å². The molecule has 0 spiro atoms. The van der Waals surface area contributed by atoms with Gasteiger partial charge < -0.3 is 10.0 Å². The highest BCUT2D eigenvalue weighted by atomic mass is 32.1. The minimum Gasteiger partial charge on any atom is -0.480 e. The molecule has 0 amide bonds. The summed E-state index contributed by atoms with van der Waals surface area (Å²) in [5, 5.41) is 11.9. The summed E-state index contributed by atoms with van der Waals surface area (Å²) in [4.78, 5) is 19.3. The van der Waals surface area contributed by atoms with Gasteiger partial charge in [0.1, 0.15) is 0 Å². The van der Waals surface area contributed by atoms with Crippen LogP contribution >= 0.6 is 11.3 Å². The van der Waals surface area contributed by atoms with E-state index in [9.17, 15) is 4.79 Å². The van der Waals surface area contributed by atoms with Crippen molar-refractivity contribution in [2.45, 2.75) is 13.3 Å². The molecule has 6 heteroatoms. The van der Waals surface area contributed by atoms with Crippen molar-refractivity contribution in [2.24, 2.45) is 0 Å².